The Morgan fingerprint density at radius 1 is 1.44 bits per heavy atom. The van der Waals surface area contributed by atoms with Crippen LogP contribution in [0.5, 0.6) is 0 Å². The molecule has 0 unspecified atom stereocenters. The molecule has 0 bridgehead atoms. The lowest BCUT2D eigenvalue weighted by Crippen LogP contribution is -2.28. The summed E-state index contributed by atoms with van der Waals surface area (Å²) in [5, 5.41) is 10.9. The second-order valence-corrected chi connectivity index (χ2v) is 5.63. The number of nitrogens with zero attached hydrogens (tertiary/aromatic N) is 1. The summed E-state index contributed by atoms with van der Waals surface area (Å²) >= 11 is 4.92. The lowest BCUT2D eigenvalue weighted by molar-refractivity contribution is 0.0694. The second kappa shape index (κ2) is 5.07. The molecular weight excluding hydrogens is 318 g/mol. The van der Waals surface area contributed by atoms with Crippen molar-refractivity contribution in [3.05, 3.63) is 54.5 Å². The Morgan fingerprint density at radius 3 is 2.72 bits per heavy atom. The van der Waals surface area contributed by atoms with Crippen molar-refractivity contribution in [2.24, 2.45) is 0 Å². The molecule has 0 radical (unpaired) electrons. The number of aromatic nitrogens is 1. The Labute approximate surface area is 116 Å². The number of carbonyl (C=O) groups is 1. The number of hydrogen-bond donors (Lipinski definition) is 1. The Balaban J connectivity index is 2.51. The molecular formula is C12H10BrNO3S. The first kappa shape index (κ1) is 13.0. The first-order valence-electron chi connectivity index (χ1n) is 5.16. The van der Waals surface area contributed by atoms with Gasteiger partial charge in [0.1, 0.15) is 5.56 Å². The van der Waals surface area contributed by atoms with Gasteiger partial charge in [-0.3, -0.25) is 4.79 Å². The van der Waals surface area contributed by atoms with E-state index in [9.17, 15) is 9.59 Å². The van der Waals surface area contributed by atoms with Crippen molar-refractivity contribution < 1.29 is 9.90 Å². The van der Waals surface area contributed by atoms with E-state index in [2.05, 4.69) is 15.9 Å². The van der Waals surface area contributed by atoms with Crippen molar-refractivity contribution in [1.29, 1.82) is 0 Å². The zero-order valence-corrected chi connectivity index (χ0v) is 11.9. The van der Waals surface area contributed by atoms with Crippen molar-refractivity contribution in [1.82, 2.24) is 4.57 Å². The number of aryl methyl sites for hydroxylation is 1. The molecule has 2 heterocycles. The van der Waals surface area contributed by atoms with Gasteiger partial charge in [-0.2, -0.15) is 0 Å². The molecule has 2 aromatic heterocycles. The smallest absolute Gasteiger partial charge is 0.341 e. The van der Waals surface area contributed by atoms with Crippen LogP contribution in [0.2, 0.25) is 0 Å². The third-order valence-corrected chi connectivity index (χ3v) is 4.53. The highest BCUT2D eigenvalue weighted by molar-refractivity contribution is 9.10. The highest BCUT2D eigenvalue weighted by Crippen LogP contribution is 2.23. The van der Waals surface area contributed by atoms with E-state index in [0.29, 0.717) is 6.54 Å². The molecule has 0 atom stereocenters. The Morgan fingerprint density at radius 2 is 2.17 bits per heavy atom. The summed E-state index contributed by atoms with van der Waals surface area (Å²) in [6, 6.07) is 4.90. The van der Waals surface area contributed by atoms with Crippen LogP contribution >= 0.6 is 27.3 Å². The SMILES string of the molecule is Cc1ccc(C(=O)O)c(=O)n1Cc1sccc1Br. The minimum Gasteiger partial charge on any atom is -0.477 e. The van der Waals surface area contributed by atoms with Gasteiger partial charge in [0.15, 0.2) is 0 Å². The Bertz CT molecular complexity index is 660. The second-order valence-electron chi connectivity index (χ2n) is 3.78. The van der Waals surface area contributed by atoms with Crippen molar-refractivity contribution in [3.8, 4) is 0 Å². The van der Waals surface area contributed by atoms with Crippen LogP contribution in [0, 0.1) is 6.92 Å². The number of pyridine rings is 1. The zero-order valence-electron chi connectivity index (χ0n) is 9.51. The summed E-state index contributed by atoms with van der Waals surface area (Å²) in [5.41, 5.74) is 0.0707. The van der Waals surface area contributed by atoms with Gasteiger partial charge in [-0.1, -0.05) is 0 Å². The molecule has 18 heavy (non-hydrogen) atoms. The van der Waals surface area contributed by atoms with Gasteiger partial charge in [0.05, 0.1) is 6.54 Å². The van der Waals surface area contributed by atoms with E-state index in [-0.39, 0.29) is 5.56 Å². The number of halogens is 1. The predicted molar refractivity (Wildman–Crippen MR) is 73.5 cm³/mol. The normalized spacial score (nSPS) is 10.6. The molecule has 6 heteroatoms. The van der Waals surface area contributed by atoms with Crippen LogP contribution in [0.4, 0.5) is 0 Å². The largest absolute Gasteiger partial charge is 0.477 e. The van der Waals surface area contributed by atoms with Gasteiger partial charge in [-0.05, 0) is 46.4 Å². The number of carboxylic acid groups (broad SMARTS) is 1. The van der Waals surface area contributed by atoms with E-state index < -0.39 is 11.5 Å². The lowest BCUT2D eigenvalue weighted by Gasteiger charge is -2.09. The maximum Gasteiger partial charge on any atom is 0.341 e. The van der Waals surface area contributed by atoms with Gasteiger partial charge in [0, 0.05) is 15.0 Å². The minimum atomic E-state index is -1.20. The van der Waals surface area contributed by atoms with Gasteiger partial charge in [-0.15, -0.1) is 11.3 Å². The molecule has 0 amide bonds. The maximum absolute atomic E-state index is 12.0. The standard InChI is InChI=1S/C12H10BrNO3S/c1-7-2-3-8(12(16)17)11(15)14(7)6-10-9(13)4-5-18-10/h2-5H,6H2,1H3,(H,16,17). The maximum atomic E-state index is 12.0. The van der Waals surface area contributed by atoms with Crippen LogP contribution in [0.25, 0.3) is 0 Å². The van der Waals surface area contributed by atoms with Gasteiger partial charge >= 0.3 is 5.97 Å². The average molecular weight is 328 g/mol. The van der Waals surface area contributed by atoms with E-state index >= 15 is 0 Å². The van der Waals surface area contributed by atoms with Crippen LogP contribution in [0.3, 0.4) is 0 Å². The third-order valence-electron chi connectivity index (χ3n) is 2.62. The summed E-state index contributed by atoms with van der Waals surface area (Å²) in [4.78, 5) is 24.0. The van der Waals surface area contributed by atoms with E-state index in [1.54, 1.807) is 13.0 Å². The van der Waals surface area contributed by atoms with Gasteiger partial charge in [0.2, 0.25) is 0 Å². The summed E-state index contributed by atoms with van der Waals surface area (Å²) in [6.07, 6.45) is 0. The molecule has 0 spiro atoms. The highest BCUT2D eigenvalue weighted by Gasteiger charge is 2.13. The monoisotopic (exact) mass is 327 g/mol. The molecule has 94 valence electrons. The molecule has 1 N–H and O–H groups in total. The lowest BCUT2D eigenvalue weighted by atomic mass is 10.2. The summed E-state index contributed by atoms with van der Waals surface area (Å²) in [6.45, 7) is 2.17. The zero-order chi connectivity index (χ0) is 13.3. The molecule has 0 aromatic carbocycles. The van der Waals surface area contributed by atoms with Crippen molar-refractivity contribution in [3.63, 3.8) is 0 Å². The molecule has 2 aromatic rings. The van der Waals surface area contributed by atoms with E-state index in [0.717, 1.165) is 15.0 Å². The third kappa shape index (κ3) is 2.39. The molecule has 0 saturated carbocycles. The number of rotatable bonds is 3. The van der Waals surface area contributed by atoms with Gasteiger partial charge < -0.3 is 9.67 Å². The minimum absolute atomic E-state index is 0.201. The van der Waals surface area contributed by atoms with Crippen molar-refractivity contribution in [2.75, 3.05) is 0 Å². The number of carboxylic acids is 1. The molecule has 4 nitrogen and oxygen atoms in total. The topological polar surface area (TPSA) is 59.3 Å². The Kier molecular flexibility index (Phi) is 3.68. The molecule has 2 rings (SSSR count). The van der Waals surface area contributed by atoms with Crippen LogP contribution in [0.1, 0.15) is 20.9 Å². The fraction of sp³-hybridized carbons (Fsp3) is 0.167. The fourth-order valence-electron chi connectivity index (χ4n) is 1.61. The van der Waals surface area contributed by atoms with Crippen molar-refractivity contribution in [2.45, 2.75) is 13.5 Å². The van der Waals surface area contributed by atoms with Crippen LogP contribution in [-0.4, -0.2) is 15.6 Å². The molecule has 0 saturated heterocycles. The predicted octanol–water partition coefficient (Wildman–Crippen LogP) is 2.73. The number of hydrogen-bond acceptors (Lipinski definition) is 3. The highest BCUT2D eigenvalue weighted by atomic mass is 79.9. The molecule has 0 fully saturated rings. The summed E-state index contributed by atoms with van der Waals surface area (Å²) in [7, 11) is 0. The van der Waals surface area contributed by atoms with Crippen LogP contribution < -0.4 is 5.56 Å². The van der Waals surface area contributed by atoms with Gasteiger partial charge in [-0.25, -0.2) is 4.79 Å². The first-order valence-corrected chi connectivity index (χ1v) is 6.83. The first-order chi connectivity index (χ1) is 8.50. The molecule has 0 aliphatic heterocycles. The average Bonchev–Trinajstić information content (AvgIpc) is 2.69. The number of aromatic carboxylic acids is 1. The van der Waals surface area contributed by atoms with Crippen LogP contribution in [-0.2, 0) is 6.54 Å². The fourth-order valence-corrected chi connectivity index (χ4v) is 3.08. The Hall–Kier alpha value is -1.40. The summed E-state index contributed by atoms with van der Waals surface area (Å²) < 4.78 is 2.40. The number of thiophene rings is 1. The van der Waals surface area contributed by atoms with Crippen molar-refractivity contribution >= 4 is 33.2 Å². The molecule has 0 aliphatic rings. The summed E-state index contributed by atoms with van der Waals surface area (Å²) in [5.74, 6) is -1.20. The van der Waals surface area contributed by atoms with E-state index in [1.807, 2.05) is 11.4 Å². The molecule has 0 aliphatic carbocycles. The van der Waals surface area contributed by atoms with E-state index in [1.165, 1.54) is 22.0 Å². The van der Waals surface area contributed by atoms with E-state index in [4.69, 9.17) is 5.11 Å². The van der Waals surface area contributed by atoms with Gasteiger partial charge in [0.25, 0.3) is 5.56 Å². The quantitative estimate of drug-likeness (QED) is 0.942. The van der Waals surface area contributed by atoms with Crippen LogP contribution in [0.15, 0.2) is 32.8 Å².